The van der Waals surface area contributed by atoms with Gasteiger partial charge in [0.25, 0.3) is 0 Å². The third-order valence-electron chi connectivity index (χ3n) is 4.46. The smallest absolute Gasteiger partial charge is 0.342 e. The molecular weight excluding hydrogens is 352 g/mol. The maximum atomic E-state index is 12.6. The molecule has 0 radical (unpaired) electrons. The topological polar surface area (TPSA) is 124 Å². The lowest BCUT2D eigenvalue weighted by molar-refractivity contribution is -0.127. The monoisotopic (exact) mass is 376 g/mol. The zero-order valence-corrected chi connectivity index (χ0v) is 15.3. The Morgan fingerprint density at radius 2 is 1.81 bits per heavy atom. The SMILES string of the molecule is Cc1c(CO)cc2c(c1O)C(=O)O[C@@H](C)C/C=C\C(=O)[C@@H](O)[C@@H](O)C/C=C/2. The van der Waals surface area contributed by atoms with Crippen LogP contribution in [0.1, 0.15) is 46.8 Å². The van der Waals surface area contributed by atoms with Crippen molar-refractivity contribution in [3.05, 3.63) is 46.5 Å². The van der Waals surface area contributed by atoms with Crippen molar-refractivity contribution in [2.75, 3.05) is 0 Å². The van der Waals surface area contributed by atoms with Gasteiger partial charge in [0, 0.05) is 6.42 Å². The Balaban J connectivity index is 2.52. The Morgan fingerprint density at radius 1 is 1.15 bits per heavy atom. The number of cyclic esters (lactones) is 1. The number of carbonyl (C=O) groups excluding carboxylic acids is 2. The predicted molar refractivity (Wildman–Crippen MR) is 98.1 cm³/mol. The molecule has 0 fully saturated rings. The first-order valence-electron chi connectivity index (χ1n) is 8.66. The molecule has 1 heterocycles. The molecule has 0 aromatic heterocycles. The number of carbonyl (C=O) groups is 2. The molecule has 146 valence electrons. The molecule has 0 spiro atoms. The molecule has 7 nitrogen and oxygen atoms in total. The van der Waals surface area contributed by atoms with E-state index in [1.54, 1.807) is 19.9 Å². The second kappa shape index (κ2) is 8.94. The third-order valence-corrected chi connectivity index (χ3v) is 4.46. The molecule has 0 bridgehead atoms. The van der Waals surface area contributed by atoms with Gasteiger partial charge in [-0.2, -0.15) is 0 Å². The highest BCUT2D eigenvalue weighted by Gasteiger charge is 2.24. The van der Waals surface area contributed by atoms with Gasteiger partial charge in [0.1, 0.15) is 23.5 Å². The molecular formula is C20H24O7. The van der Waals surface area contributed by atoms with E-state index in [4.69, 9.17) is 4.74 Å². The van der Waals surface area contributed by atoms with Crippen LogP contribution >= 0.6 is 0 Å². The number of aliphatic hydroxyl groups excluding tert-OH is 3. The minimum Gasteiger partial charge on any atom is -0.507 e. The average Bonchev–Trinajstić information content (AvgIpc) is 2.62. The van der Waals surface area contributed by atoms with E-state index in [1.165, 1.54) is 18.2 Å². The minimum absolute atomic E-state index is 0.0417. The van der Waals surface area contributed by atoms with E-state index in [1.807, 2.05) is 0 Å². The van der Waals surface area contributed by atoms with E-state index in [9.17, 15) is 30.0 Å². The van der Waals surface area contributed by atoms with E-state index < -0.39 is 30.1 Å². The molecule has 0 saturated heterocycles. The van der Waals surface area contributed by atoms with Crippen molar-refractivity contribution in [2.24, 2.45) is 0 Å². The average molecular weight is 376 g/mol. The van der Waals surface area contributed by atoms with Crippen LogP contribution in [-0.2, 0) is 16.1 Å². The van der Waals surface area contributed by atoms with Gasteiger partial charge in [0.15, 0.2) is 5.78 Å². The Morgan fingerprint density at radius 3 is 2.48 bits per heavy atom. The first kappa shape index (κ1) is 20.8. The third kappa shape index (κ3) is 4.82. The number of hydrogen-bond donors (Lipinski definition) is 4. The highest BCUT2D eigenvalue weighted by molar-refractivity contribution is 5.97. The predicted octanol–water partition coefficient (Wildman–Crippen LogP) is 1.39. The maximum absolute atomic E-state index is 12.6. The lowest BCUT2D eigenvalue weighted by atomic mass is 9.96. The van der Waals surface area contributed by atoms with Crippen LogP contribution in [0.2, 0.25) is 0 Å². The van der Waals surface area contributed by atoms with Crippen molar-refractivity contribution >= 4 is 17.8 Å². The summed E-state index contributed by atoms with van der Waals surface area (Å²) in [5.74, 6) is -1.65. The Bertz CT molecular complexity index is 779. The van der Waals surface area contributed by atoms with Crippen molar-refractivity contribution in [3.63, 3.8) is 0 Å². The van der Waals surface area contributed by atoms with Crippen molar-refractivity contribution in [3.8, 4) is 5.75 Å². The number of ketones is 1. The van der Waals surface area contributed by atoms with Gasteiger partial charge >= 0.3 is 5.97 Å². The van der Waals surface area contributed by atoms with E-state index in [-0.39, 0.29) is 30.8 Å². The second-order valence-electron chi connectivity index (χ2n) is 6.54. The molecule has 0 aliphatic carbocycles. The Labute approximate surface area is 157 Å². The summed E-state index contributed by atoms with van der Waals surface area (Å²) in [6.07, 6.45) is 2.27. The minimum atomic E-state index is -1.56. The fourth-order valence-electron chi connectivity index (χ4n) is 2.77. The summed E-state index contributed by atoms with van der Waals surface area (Å²) in [7, 11) is 0. The van der Waals surface area contributed by atoms with Crippen molar-refractivity contribution in [1.29, 1.82) is 0 Å². The van der Waals surface area contributed by atoms with Gasteiger partial charge in [-0.15, -0.1) is 0 Å². The van der Waals surface area contributed by atoms with Crippen LogP contribution in [0.5, 0.6) is 5.75 Å². The molecule has 0 unspecified atom stereocenters. The summed E-state index contributed by atoms with van der Waals surface area (Å²) in [5.41, 5.74) is 1.08. The van der Waals surface area contributed by atoms with E-state index >= 15 is 0 Å². The standard InChI is InChI=1S/C20H24O7/c1-11-5-3-7-15(22)19(25)16(23)8-4-6-13-9-14(10-21)12(2)18(24)17(13)20(26)27-11/h3-4,6-7,9,11,16,19,21,23-25H,5,8,10H2,1-2H3/b6-4+,7-3-/t11-,16-,19+/m0/s1. The molecule has 3 atom stereocenters. The Kier molecular flexibility index (Phi) is 6.90. The summed E-state index contributed by atoms with van der Waals surface area (Å²) in [6.45, 7) is 2.89. The molecule has 1 aliphatic heterocycles. The fourth-order valence-corrected chi connectivity index (χ4v) is 2.77. The van der Waals surface area contributed by atoms with Crippen LogP contribution in [-0.4, -0.2) is 50.5 Å². The summed E-state index contributed by atoms with van der Waals surface area (Å²) in [6, 6.07) is 1.55. The number of hydrogen-bond acceptors (Lipinski definition) is 7. The molecule has 0 saturated carbocycles. The highest BCUT2D eigenvalue weighted by atomic mass is 16.5. The lowest BCUT2D eigenvalue weighted by Gasteiger charge is -2.18. The summed E-state index contributed by atoms with van der Waals surface area (Å²) < 4.78 is 5.34. The number of ether oxygens (including phenoxy) is 1. The second-order valence-corrected chi connectivity index (χ2v) is 6.54. The summed E-state index contributed by atoms with van der Waals surface area (Å²) in [5, 5.41) is 39.8. The molecule has 4 N–H and O–H groups in total. The molecule has 1 aromatic rings. The van der Waals surface area contributed by atoms with Crippen LogP contribution < -0.4 is 0 Å². The molecule has 1 aliphatic rings. The van der Waals surface area contributed by atoms with E-state index in [0.717, 1.165) is 6.08 Å². The van der Waals surface area contributed by atoms with E-state index in [2.05, 4.69) is 0 Å². The first-order valence-corrected chi connectivity index (χ1v) is 8.66. The molecule has 2 rings (SSSR count). The van der Waals surface area contributed by atoms with Crippen LogP contribution in [0.15, 0.2) is 24.3 Å². The highest BCUT2D eigenvalue weighted by Crippen LogP contribution is 2.31. The van der Waals surface area contributed by atoms with Crippen LogP contribution in [0.25, 0.3) is 6.08 Å². The van der Waals surface area contributed by atoms with Gasteiger partial charge in [0.05, 0.1) is 12.7 Å². The zero-order valence-electron chi connectivity index (χ0n) is 15.3. The van der Waals surface area contributed by atoms with Gasteiger partial charge in [-0.1, -0.05) is 18.2 Å². The number of phenols is 1. The number of esters is 1. The number of aromatic hydroxyl groups is 1. The molecule has 0 amide bonds. The molecule has 27 heavy (non-hydrogen) atoms. The number of fused-ring (bicyclic) bond motifs is 1. The van der Waals surface area contributed by atoms with Crippen molar-refractivity contribution in [1.82, 2.24) is 0 Å². The van der Waals surface area contributed by atoms with Gasteiger partial charge in [-0.05, 0) is 49.1 Å². The number of aliphatic hydroxyl groups is 3. The van der Waals surface area contributed by atoms with Gasteiger partial charge in [0.2, 0.25) is 0 Å². The van der Waals surface area contributed by atoms with Crippen molar-refractivity contribution in [2.45, 2.75) is 51.6 Å². The number of benzene rings is 1. The molecule has 1 aromatic carbocycles. The summed E-state index contributed by atoms with van der Waals surface area (Å²) in [4.78, 5) is 24.4. The lowest BCUT2D eigenvalue weighted by Crippen LogP contribution is -2.32. The molecule has 7 heteroatoms. The van der Waals surface area contributed by atoms with Gasteiger partial charge in [-0.3, -0.25) is 4.79 Å². The maximum Gasteiger partial charge on any atom is 0.342 e. The summed E-state index contributed by atoms with van der Waals surface area (Å²) >= 11 is 0. The normalized spacial score (nSPS) is 26.6. The van der Waals surface area contributed by atoms with Crippen molar-refractivity contribution < 1.29 is 34.8 Å². The number of rotatable bonds is 1. The van der Waals surface area contributed by atoms with Gasteiger partial charge in [-0.25, -0.2) is 4.79 Å². The Hall–Kier alpha value is -2.48. The fraction of sp³-hybridized carbons (Fsp3) is 0.400. The largest absolute Gasteiger partial charge is 0.507 e. The van der Waals surface area contributed by atoms with Crippen LogP contribution in [0.3, 0.4) is 0 Å². The number of phenolic OH excluding ortho intramolecular Hbond substituents is 1. The van der Waals surface area contributed by atoms with Crippen LogP contribution in [0, 0.1) is 6.92 Å². The first-order chi connectivity index (χ1) is 12.8. The van der Waals surface area contributed by atoms with E-state index in [0.29, 0.717) is 16.7 Å². The van der Waals surface area contributed by atoms with Gasteiger partial charge < -0.3 is 25.2 Å². The quantitative estimate of drug-likeness (QED) is 0.546. The zero-order chi connectivity index (χ0) is 20.1. The van der Waals surface area contributed by atoms with Crippen LogP contribution in [0.4, 0.5) is 0 Å².